The van der Waals surface area contributed by atoms with Crippen molar-refractivity contribution in [1.29, 1.82) is 0 Å². The maximum Gasteiger partial charge on any atom is 0.271 e. The number of rotatable bonds is 5. The molecular weight excluding hydrogens is 324 g/mol. The number of fused-ring (bicyclic) bond motifs is 1. The topological polar surface area (TPSA) is 107 Å². The van der Waals surface area contributed by atoms with Gasteiger partial charge < -0.3 is 5.32 Å². The summed E-state index contributed by atoms with van der Waals surface area (Å²) in [6, 6.07) is 3.89. The molecule has 1 fully saturated rings. The summed E-state index contributed by atoms with van der Waals surface area (Å²) >= 11 is 0. The Bertz CT molecular complexity index is 855. The molecule has 0 atom stereocenters. The number of aromatic nitrogens is 2. The number of nitrogens with one attached hydrogen (secondary N) is 1. The van der Waals surface area contributed by atoms with Crippen LogP contribution in [0, 0.1) is 16.0 Å². The Labute approximate surface area is 144 Å². The summed E-state index contributed by atoms with van der Waals surface area (Å²) < 4.78 is 1.23. The first-order valence-corrected chi connectivity index (χ1v) is 8.45. The molecule has 3 rings (SSSR count). The largest absolute Gasteiger partial charge is 0.354 e. The van der Waals surface area contributed by atoms with Gasteiger partial charge in [0, 0.05) is 18.7 Å². The van der Waals surface area contributed by atoms with Gasteiger partial charge >= 0.3 is 0 Å². The second kappa shape index (κ2) is 7.42. The maximum absolute atomic E-state index is 12.4. The van der Waals surface area contributed by atoms with E-state index in [4.69, 9.17) is 0 Å². The van der Waals surface area contributed by atoms with E-state index in [0.29, 0.717) is 12.5 Å². The monoisotopic (exact) mass is 344 g/mol. The molecule has 0 bridgehead atoms. The summed E-state index contributed by atoms with van der Waals surface area (Å²) in [5.41, 5.74) is -0.256. The van der Waals surface area contributed by atoms with E-state index in [1.165, 1.54) is 48.4 Å². The van der Waals surface area contributed by atoms with Crippen molar-refractivity contribution < 1.29 is 9.72 Å². The van der Waals surface area contributed by atoms with E-state index in [2.05, 4.69) is 10.3 Å². The van der Waals surface area contributed by atoms with Gasteiger partial charge in [0.25, 0.3) is 11.2 Å². The number of carbonyl (C=O) groups excluding carboxylic acids is 1. The van der Waals surface area contributed by atoms with Crippen LogP contribution in [0.1, 0.15) is 32.1 Å². The SMILES string of the molecule is O=C(Cn1cnc2cc([N+](=O)[O-])ccc2c1=O)NCC1CCCCC1. The average molecular weight is 344 g/mol. The van der Waals surface area contributed by atoms with E-state index in [9.17, 15) is 19.7 Å². The lowest BCUT2D eigenvalue weighted by Gasteiger charge is -2.21. The van der Waals surface area contributed by atoms with Crippen LogP contribution >= 0.6 is 0 Å². The van der Waals surface area contributed by atoms with E-state index in [1.54, 1.807) is 0 Å². The van der Waals surface area contributed by atoms with Crippen LogP contribution in [0.15, 0.2) is 29.3 Å². The number of hydrogen-bond donors (Lipinski definition) is 1. The molecule has 0 aliphatic heterocycles. The van der Waals surface area contributed by atoms with Gasteiger partial charge in [-0.1, -0.05) is 19.3 Å². The first-order valence-electron chi connectivity index (χ1n) is 8.45. The Morgan fingerprint density at radius 2 is 2.08 bits per heavy atom. The third kappa shape index (κ3) is 4.01. The number of nitro groups is 1. The first-order chi connectivity index (χ1) is 12.0. The standard InChI is InChI=1S/C17H20N4O4/c22-16(18-9-12-4-2-1-3-5-12)10-20-11-19-15-8-13(21(24)25)6-7-14(15)17(20)23/h6-8,11-12H,1-5,9-10H2,(H,18,22). The molecule has 0 spiro atoms. The van der Waals surface area contributed by atoms with E-state index in [0.717, 1.165) is 12.8 Å². The Balaban J connectivity index is 1.69. The van der Waals surface area contributed by atoms with Crippen molar-refractivity contribution in [2.75, 3.05) is 6.54 Å². The summed E-state index contributed by atoms with van der Waals surface area (Å²) in [5, 5.41) is 13.9. The van der Waals surface area contributed by atoms with E-state index in [-0.39, 0.29) is 34.6 Å². The molecule has 1 aliphatic carbocycles. The third-order valence-electron chi connectivity index (χ3n) is 4.65. The molecule has 0 saturated heterocycles. The van der Waals surface area contributed by atoms with Crippen molar-refractivity contribution in [1.82, 2.24) is 14.9 Å². The molecule has 1 N–H and O–H groups in total. The number of benzene rings is 1. The van der Waals surface area contributed by atoms with E-state index < -0.39 is 4.92 Å². The Hall–Kier alpha value is -2.77. The minimum absolute atomic E-state index is 0.106. The number of nitro benzene ring substituents is 1. The van der Waals surface area contributed by atoms with Crippen LogP contribution in [0.4, 0.5) is 5.69 Å². The van der Waals surface area contributed by atoms with Crippen LogP contribution in [0.2, 0.25) is 0 Å². The number of amides is 1. The molecule has 8 nitrogen and oxygen atoms in total. The fraction of sp³-hybridized carbons (Fsp3) is 0.471. The predicted octanol–water partition coefficient (Wildman–Crippen LogP) is 2.00. The van der Waals surface area contributed by atoms with E-state index in [1.807, 2.05) is 0 Å². The molecule has 1 aromatic carbocycles. The van der Waals surface area contributed by atoms with E-state index >= 15 is 0 Å². The Kier molecular flexibility index (Phi) is 5.06. The Morgan fingerprint density at radius 3 is 2.80 bits per heavy atom. The lowest BCUT2D eigenvalue weighted by Crippen LogP contribution is -2.35. The molecule has 1 amide bonds. The van der Waals surface area contributed by atoms with Gasteiger partial charge in [-0.25, -0.2) is 4.98 Å². The fourth-order valence-corrected chi connectivity index (χ4v) is 3.23. The maximum atomic E-state index is 12.4. The van der Waals surface area contributed by atoms with Gasteiger partial charge in [-0.3, -0.25) is 24.3 Å². The van der Waals surface area contributed by atoms with Crippen LogP contribution in [0.25, 0.3) is 10.9 Å². The summed E-state index contributed by atoms with van der Waals surface area (Å²) in [6.07, 6.45) is 7.21. The Morgan fingerprint density at radius 1 is 1.32 bits per heavy atom. The van der Waals surface area contributed by atoms with Crippen LogP contribution in [-0.4, -0.2) is 26.9 Å². The number of carbonyl (C=O) groups is 1. The highest BCUT2D eigenvalue weighted by atomic mass is 16.6. The van der Waals surface area contributed by atoms with Gasteiger partial charge in [0.15, 0.2) is 0 Å². The zero-order chi connectivity index (χ0) is 17.8. The van der Waals surface area contributed by atoms with Gasteiger partial charge in [0.05, 0.1) is 22.2 Å². The minimum atomic E-state index is -0.536. The van der Waals surface area contributed by atoms with Crippen molar-refractivity contribution in [3.63, 3.8) is 0 Å². The molecule has 8 heteroatoms. The number of nitrogens with zero attached hydrogens (tertiary/aromatic N) is 3. The van der Waals surface area contributed by atoms with Crippen molar-refractivity contribution in [2.24, 2.45) is 5.92 Å². The second-order valence-electron chi connectivity index (χ2n) is 6.44. The summed E-state index contributed by atoms with van der Waals surface area (Å²) in [7, 11) is 0. The van der Waals surface area contributed by atoms with Gasteiger partial charge in [0.1, 0.15) is 6.54 Å². The molecule has 1 aromatic heterocycles. The highest BCUT2D eigenvalue weighted by Gasteiger charge is 2.15. The summed E-state index contributed by atoms with van der Waals surface area (Å²) in [4.78, 5) is 38.8. The van der Waals surface area contributed by atoms with Crippen LogP contribution in [0.5, 0.6) is 0 Å². The molecule has 1 saturated carbocycles. The average Bonchev–Trinajstić information content (AvgIpc) is 2.63. The lowest BCUT2D eigenvalue weighted by molar-refractivity contribution is -0.384. The quantitative estimate of drug-likeness (QED) is 0.659. The zero-order valence-electron chi connectivity index (χ0n) is 13.8. The molecule has 0 unspecified atom stereocenters. The van der Waals surface area contributed by atoms with Crippen molar-refractivity contribution >= 4 is 22.5 Å². The second-order valence-corrected chi connectivity index (χ2v) is 6.44. The molecule has 0 radical (unpaired) electrons. The molecular formula is C17H20N4O4. The van der Waals surface area contributed by atoms with Crippen LogP contribution in [0.3, 0.4) is 0 Å². The molecule has 1 aliphatic rings. The normalized spacial score (nSPS) is 15.2. The van der Waals surface area contributed by atoms with Gasteiger partial charge in [-0.2, -0.15) is 0 Å². The molecule has 132 valence electrons. The smallest absolute Gasteiger partial charge is 0.271 e. The van der Waals surface area contributed by atoms with Crippen LogP contribution < -0.4 is 10.9 Å². The van der Waals surface area contributed by atoms with Gasteiger partial charge in [0.2, 0.25) is 5.91 Å². The number of non-ortho nitro benzene ring substituents is 1. The zero-order valence-corrected chi connectivity index (χ0v) is 13.8. The van der Waals surface area contributed by atoms with Gasteiger partial charge in [-0.05, 0) is 24.8 Å². The minimum Gasteiger partial charge on any atom is -0.354 e. The predicted molar refractivity (Wildman–Crippen MR) is 92.2 cm³/mol. The van der Waals surface area contributed by atoms with Crippen molar-refractivity contribution in [2.45, 2.75) is 38.6 Å². The summed E-state index contributed by atoms with van der Waals surface area (Å²) in [6.45, 7) is 0.534. The lowest BCUT2D eigenvalue weighted by atomic mass is 9.89. The number of hydrogen-bond acceptors (Lipinski definition) is 5. The fourth-order valence-electron chi connectivity index (χ4n) is 3.23. The highest BCUT2D eigenvalue weighted by Crippen LogP contribution is 2.22. The molecule has 25 heavy (non-hydrogen) atoms. The molecule has 1 heterocycles. The first kappa shape index (κ1) is 17.1. The third-order valence-corrected chi connectivity index (χ3v) is 4.65. The highest BCUT2D eigenvalue weighted by molar-refractivity contribution is 5.80. The van der Waals surface area contributed by atoms with Crippen LogP contribution in [-0.2, 0) is 11.3 Å². The summed E-state index contributed by atoms with van der Waals surface area (Å²) in [5.74, 6) is 0.292. The van der Waals surface area contributed by atoms with Crippen molar-refractivity contribution in [3.05, 3.63) is 45.0 Å². The van der Waals surface area contributed by atoms with Gasteiger partial charge in [-0.15, -0.1) is 0 Å². The van der Waals surface area contributed by atoms with Crippen molar-refractivity contribution in [3.8, 4) is 0 Å². The molecule has 2 aromatic rings.